The molecule has 2 aromatic rings. The molecule has 0 radical (unpaired) electrons. The van der Waals surface area contributed by atoms with Crippen molar-refractivity contribution in [3.05, 3.63) is 53.6 Å². The predicted molar refractivity (Wildman–Crippen MR) is 127 cm³/mol. The summed E-state index contributed by atoms with van der Waals surface area (Å²) in [5.74, 6) is -0.321. The van der Waals surface area contributed by atoms with E-state index in [9.17, 15) is 13.2 Å². The molecule has 0 fully saturated rings. The van der Waals surface area contributed by atoms with Crippen LogP contribution in [0.15, 0.2) is 52.5 Å². The molecule has 0 saturated carbocycles. The first kappa shape index (κ1) is 22.9. The highest BCUT2D eigenvalue weighted by Crippen LogP contribution is 2.34. The van der Waals surface area contributed by atoms with Crippen LogP contribution < -0.4 is 20.8 Å². The molecule has 2 aromatic carbocycles. The summed E-state index contributed by atoms with van der Waals surface area (Å²) in [4.78, 5) is 14.6. The Balaban J connectivity index is 2.25. The van der Waals surface area contributed by atoms with E-state index in [1.165, 1.54) is 18.2 Å². The number of likely N-dealkylation sites (N-methyl/N-ethyl adjacent to an activating group) is 1. The molecule has 0 aliphatic carbocycles. The highest BCUT2D eigenvalue weighted by Gasteiger charge is 2.35. The van der Waals surface area contributed by atoms with Gasteiger partial charge >= 0.3 is 0 Å². The molecule has 0 saturated heterocycles. The number of amides is 1. The number of thiocarbonyl (C=S) groups is 1. The molecule has 3 rings (SSSR count). The average Bonchev–Trinajstić information content (AvgIpc) is 2.94. The van der Waals surface area contributed by atoms with Crippen molar-refractivity contribution >= 4 is 50.3 Å². The molecule has 1 amide bonds. The zero-order valence-corrected chi connectivity index (χ0v) is 19.4. The Kier molecular flexibility index (Phi) is 5.92. The van der Waals surface area contributed by atoms with Crippen LogP contribution in [0.3, 0.4) is 0 Å². The lowest BCUT2D eigenvalue weighted by Crippen LogP contribution is -2.36. The zero-order valence-electron chi connectivity index (χ0n) is 17.8. The highest BCUT2D eigenvalue weighted by molar-refractivity contribution is 7.89. The molecule has 0 unspecified atom stereocenters. The minimum atomic E-state index is -4.08. The molecule has 1 aliphatic heterocycles. The fraction of sp³-hybridized carbons (Fsp3) is 0.286. The van der Waals surface area contributed by atoms with Crippen molar-refractivity contribution in [2.75, 3.05) is 16.5 Å². The maximum atomic E-state index is 13.2. The Morgan fingerprint density at radius 3 is 2.39 bits per heavy atom. The summed E-state index contributed by atoms with van der Waals surface area (Å²) >= 11 is 5.13. The number of hydrogen-bond donors (Lipinski definition) is 2. The summed E-state index contributed by atoms with van der Waals surface area (Å²) in [7, 11) is -4.08. The number of carbonyl (C=O) groups is 1. The summed E-state index contributed by atoms with van der Waals surface area (Å²) in [5, 5.41) is 10.6. The molecular formula is C21H25N5O3S2. The maximum absolute atomic E-state index is 13.2. The van der Waals surface area contributed by atoms with E-state index in [1.807, 2.05) is 25.1 Å². The van der Waals surface area contributed by atoms with Crippen molar-refractivity contribution in [1.29, 1.82) is 0 Å². The van der Waals surface area contributed by atoms with Gasteiger partial charge in [-0.2, -0.15) is 5.10 Å². The van der Waals surface area contributed by atoms with E-state index in [-0.39, 0.29) is 32.7 Å². The molecule has 10 heteroatoms. The molecule has 4 N–H and O–H groups in total. The molecule has 164 valence electrons. The number of benzene rings is 2. The van der Waals surface area contributed by atoms with Crippen LogP contribution in [0.4, 0.5) is 11.4 Å². The zero-order chi connectivity index (χ0) is 23.1. The second kappa shape index (κ2) is 8.03. The van der Waals surface area contributed by atoms with Gasteiger partial charge in [0.1, 0.15) is 4.90 Å². The van der Waals surface area contributed by atoms with Crippen molar-refractivity contribution in [2.45, 2.75) is 38.0 Å². The predicted octanol–water partition coefficient (Wildman–Crippen LogP) is 2.45. The van der Waals surface area contributed by atoms with Gasteiger partial charge in [0.25, 0.3) is 5.91 Å². The van der Waals surface area contributed by atoms with Crippen LogP contribution in [0.5, 0.6) is 0 Å². The first-order valence-corrected chi connectivity index (χ1v) is 11.6. The van der Waals surface area contributed by atoms with Gasteiger partial charge in [-0.1, -0.05) is 39.0 Å². The number of rotatable bonds is 4. The van der Waals surface area contributed by atoms with Crippen LogP contribution in [0, 0.1) is 0 Å². The first-order chi connectivity index (χ1) is 14.4. The molecular weight excluding hydrogens is 434 g/mol. The van der Waals surface area contributed by atoms with Gasteiger partial charge in [0.2, 0.25) is 10.0 Å². The Labute approximate surface area is 187 Å². The van der Waals surface area contributed by atoms with Crippen molar-refractivity contribution in [3.63, 3.8) is 0 Å². The Hall–Kier alpha value is -2.82. The first-order valence-electron chi connectivity index (χ1n) is 9.63. The molecule has 0 aromatic heterocycles. The minimum absolute atomic E-state index is 0.0706. The summed E-state index contributed by atoms with van der Waals surface area (Å²) in [6.45, 7) is 8.53. The monoisotopic (exact) mass is 459 g/mol. The summed E-state index contributed by atoms with van der Waals surface area (Å²) in [5.41, 5.74) is 8.31. The van der Waals surface area contributed by atoms with Crippen molar-refractivity contribution in [3.8, 4) is 0 Å². The van der Waals surface area contributed by atoms with E-state index in [2.05, 4.69) is 25.9 Å². The number of fused-ring (bicyclic) bond motifs is 1. The van der Waals surface area contributed by atoms with Gasteiger partial charge in [-0.3, -0.25) is 4.79 Å². The van der Waals surface area contributed by atoms with E-state index in [0.717, 1.165) is 16.3 Å². The molecule has 1 heterocycles. The molecule has 31 heavy (non-hydrogen) atoms. The number of hydrogen-bond acceptors (Lipinski definition) is 5. The molecule has 8 nitrogen and oxygen atoms in total. The van der Waals surface area contributed by atoms with Crippen LogP contribution in [0.25, 0.3) is 0 Å². The highest BCUT2D eigenvalue weighted by atomic mass is 32.2. The average molecular weight is 460 g/mol. The van der Waals surface area contributed by atoms with E-state index in [4.69, 9.17) is 23.1 Å². The number of sulfonamides is 1. The lowest BCUT2D eigenvalue weighted by molar-refractivity contribution is -0.112. The summed E-state index contributed by atoms with van der Waals surface area (Å²) in [6, 6.07) is 11.7. The largest absolute Gasteiger partial charge is 0.374 e. The minimum Gasteiger partial charge on any atom is -0.374 e. The van der Waals surface area contributed by atoms with E-state index >= 15 is 0 Å². The van der Waals surface area contributed by atoms with E-state index < -0.39 is 10.0 Å². The van der Waals surface area contributed by atoms with Crippen molar-refractivity contribution in [2.24, 2.45) is 16.0 Å². The molecule has 0 spiro atoms. The van der Waals surface area contributed by atoms with Gasteiger partial charge in [0.15, 0.2) is 10.8 Å². The van der Waals surface area contributed by atoms with Crippen LogP contribution in [-0.4, -0.2) is 31.7 Å². The Morgan fingerprint density at radius 2 is 1.84 bits per heavy atom. The third-order valence-electron chi connectivity index (χ3n) is 4.98. The number of hydrazone groups is 1. The molecule has 0 bridgehead atoms. The normalized spacial score (nSPS) is 15.3. The number of para-hydroxylation sites is 1. The second-order valence-corrected chi connectivity index (χ2v) is 10.1. The van der Waals surface area contributed by atoms with Crippen LogP contribution >= 0.6 is 12.2 Å². The standard InChI is InChI=1S/C21H25N5O3S2/c1-5-25-15-11-10-13(21(2,3)4)12-14(15)18(19(25)27)24-26(20(22)30)16-8-6-7-9-17(16)31(23,28)29/h6-12H,5H2,1-4H3,(H2,22,30)(H2,23,28,29)/b24-18-. The molecule has 0 atom stereocenters. The Morgan fingerprint density at radius 1 is 1.19 bits per heavy atom. The molecule has 1 aliphatic rings. The quantitative estimate of drug-likeness (QED) is 0.535. The topological polar surface area (TPSA) is 122 Å². The SMILES string of the molecule is CCN1C(=O)/C(=N\N(C(N)=S)c2ccccc2S(N)(=O)=O)c2cc(C(C)(C)C)ccc21. The van der Waals surface area contributed by atoms with Gasteiger partial charge < -0.3 is 10.6 Å². The number of carbonyl (C=O) groups excluding carboxylic acids is 1. The van der Waals surface area contributed by atoms with Gasteiger partial charge in [-0.05, 0) is 54.4 Å². The summed E-state index contributed by atoms with van der Waals surface area (Å²) < 4.78 is 24.2. The van der Waals surface area contributed by atoms with E-state index in [1.54, 1.807) is 11.0 Å². The maximum Gasteiger partial charge on any atom is 0.279 e. The second-order valence-electron chi connectivity index (χ2n) is 8.14. The lowest BCUT2D eigenvalue weighted by atomic mass is 9.85. The third-order valence-corrected chi connectivity index (χ3v) is 6.11. The van der Waals surface area contributed by atoms with Crippen LogP contribution in [0.2, 0.25) is 0 Å². The van der Waals surface area contributed by atoms with Crippen molar-refractivity contribution in [1.82, 2.24) is 0 Å². The Bertz CT molecular complexity index is 1200. The number of nitrogens with two attached hydrogens (primary N) is 2. The van der Waals surface area contributed by atoms with E-state index in [0.29, 0.717) is 12.1 Å². The lowest BCUT2D eigenvalue weighted by Gasteiger charge is -2.21. The number of nitrogens with zero attached hydrogens (tertiary/aromatic N) is 3. The smallest absolute Gasteiger partial charge is 0.279 e. The fourth-order valence-corrected chi connectivity index (χ4v) is 4.24. The van der Waals surface area contributed by atoms with Crippen LogP contribution in [-0.2, 0) is 20.2 Å². The van der Waals surface area contributed by atoms with Gasteiger partial charge in [-0.25, -0.2) is 18.6 Å². The number of anilines is 2. The third kappa shape index (κ3) is 4.32. The van der Waals surface area contributed by atoms with Gasteiger partial charge in [-0.15, -0.1) is 0 Å². The van der Waals surface area contributed by atoms with Crippen LogP contribution in [0.1, 0.15) is 38.8 Å². The number of primary sulfonamides is 1. The van der Waals surface area contributed by atoms with Gasteiger partial charge in [0.05, 0.1) is 11.4 Å². The fourth-order valence-electron chi connectivity index (χ4n) is 3.39. The van der Waals surface area contributed by atoms with Crippen molar-refractivity contribution < 1.29 is 13.2 Å². The summed E-state index contributed by atoms with van der Waals surface area (Å²) in [6.07, 6.45) is 0. The van der Waals surface area contributed by atoms with Gasteiger partial charge in [0, 0.05) is 12.1 Å².